The first-order chi connectivity index (χ1) is 27.7. The van der Waals surface area contributed by atoms with Crippen LogP contribution in [0.1, 0.15) is 0 Å². The van der Waals surface area contributed by atoms with E-state index in [1.54, 1.807) is 11.3 Å². The van der Waals surface area contributed by atoms with Gasteiger partial charge in [0.2, 0.25) is 0 Å². The van der Waals surface area contributed by atoms with Gasteiger partial charge in [0.1, 0.15) is 0 Å². The molecule has 3 nitrogen and oxygen atoms in total. The van der Waals surface area contributed by atoms with Crippen molar-refractivity contribution in [2.75, 3.05) is 0 Å². The van der Waals surface area contributed by atoms with E-state index in [-0.39, 0.29) is 0 Å². The van der Waals surface area contributed by atoms with Crippen LogP contribution in [0.4, 0.5) is 0 Å². The number of thiophene rings is 2. The molecule has 8 aromatic carbocycles. The third-order valence-electron chi connectivity index (χ3n) is 10.6. The second-order valence-corrected chi connectivity index (χ2v) is 16.1. The molecule has 5 heteroatoms. The summed E-state index contributed by atoms with van der Waals surface area (Å²) in [6, 6.07) is 66.8. The largest absolute Gasteiger partial charge is 0.208 e. The Balaban J connectivity index is 1.06. The molecule has 0 aliphatic heterocycles. The van der Waals surface area contributed by atoms with Gasteiger partial charge in [0, 0.05) is 57.0 Å². The molecule has 3 heterocycles. The Bertz CT molecular complexity index is 3240. The summed E-state index contributed by atoms with van der Waals surface area (Å²) in [6.45, 7) is 0. The second-order valence-electron chi connectivity index (χ2n) is 14.0. The van der Waals surface area contributed by atoms with Gasteiger partial charge in [0.25, 0.3) is 0 Å². The zero-order valence-corrected chi connectivity index (χ0v) is 31.7. The van der Waals surface area contributed by atoms with Gasteiger partial charge < -0.3 is 0 Å². The SMILES string of the molecule is c1ccc(-c2ccc(-c3ccc4sc5cccc(-c6nc(-c7ccccc7)nc(-c7cccc(-c8cccc9c8sc8ccccc89)c7)n6)c5c4c3)cc2)cc1. The Morgan fingerprint density at radius 3 is 1.64 bits per heavy atom. The summed E-state index contributed by atoms with van der Waals surface area (Å²) >= 11 is 3.65. The van der Waals surface area contributed by atoms with E-state index in [0.717, 1.165) is 27.6 Å². The minimum atomic E-state index is 0.648. The molecule has 0 spiro atoms. The Labute approximate surface area is 331 Å². The highest BCUT2D eigenvalue weighted by molar-refractivity contribution is 7.26. The first-order valence-electron chi connectivity index (χ1n) is 18.7. The van der Waals surface area contributed by atoms with E-state index in [0.29, 0.717) is 17.5 Å². The third-order valence-corrected chi connectivity index (χ3v) is 12.9. The molecule has 262 valence electrons. The van der Waals surface area contributed by atoms with E-state index in [1.807, 2.05) is 29.5 Å². The molecule has 0 N–H and O–H groups in total. The van der Waals surface area contributed by atoms with Gasteiger partial charge in [0.15, 0.2) is 17.5 Å². The van der Waals surface area contributed by atoms with Crippen LogP contribution in [0, 0.1) is 0 Å². The van der Waals surface area contributed by atoms with Gasteiger partial charge in [-0.1, -0.05) is 158 Å². The average molecular weight is 750 g/mol. The molecule has 0 bridgehead atoms. The van der Waals surface area contributed by atoms with Crippen molar-refractivity contribution in [1.82, 2.24) is 15.0 Å². The molecule has 0 aliphatic carbocycles. The molecule has 11 rings (SSSR count). The van der Waals surface area contributed by atoms with Gasteiger partial charge in [-0.05, 0) is 63.7 Å². The van der Waals surface area contributed by atoms with Gasteiger partial charge >= 0.3 is 0 Å². The van der Waals surface area contributed by atoms with Crippen LogP contribution in [0.3, 0.4) is 0 Å². The van der Waals surface area contributed by atoms with Crippen molar-refractivity contribution in [2.24, 2.45) is 0 Å². The molecule has 0 saturated carbocycles. The van der Waals surface area contributed by atoms with E-state index < -0.39 is 0 Å². The Morgan fingerprint density at radius 1 is 0.286 bits per heavy atom. The Morgan fingerprint density at radius 2 is 0.821 bits per heavy atom. The topological polar surface area (TPSA) is 38.7 Å². The fraction of sp³-hybridized carbons (Fsp3) is 0. The van der Waals surface area contributed by atoms with Crippen LogP contribution < -0.4 is 0 Å². The normalized spacial score (nSPS) is 11.6. The molecule has 0 aliphatic rings. The maximum atomic E-state index is 5.27. The molecule has 0 radical (unpaired) electrons. The van der Waals surface area contributed by atoms with Gasteiger partial charge in [0.05, 0.1) is 0 Å². The predicted octanol–water partition coefficient (Wildman–Crippen LogP) is 14.6. The standard InChI is InChI=1S/C51H31N3S2/c1-3-12-32(13-4-1)33-24-26-34(27-25-33)36-28-29-45-43(31-36)47-42(21-11-23-46(47)55-45)51-53-49(35-14-5-2-6-15-35)52-50(54-51)38-17-9-16-37(30-38)39-19-10-20-41-40-18-7-8-22-44(40)56-48(39)41/h1-31H. The summed E-state index contributed by atoms with van der Waals surface area (Å²) in [6.07, 6.45) is 0. The molecule has 11 aromatic rings. The summed E-state index contributed by atoms with van der Waals surface area (Å²) < 4.78 is 5.02. The minimum Gasteiger partial charge on any atom is -0.208 e. The number of nitrogens with zero attached hydrogens (tertiary/aromatic N) is 3. The van der Waals surface area contributed by atoms with Crippen LogP contribution in [-0.2, 0) is 0 Å². The highest BCUT2D eigenvalue weighted by Gasteiger charge is 2.18. The lowest BCUT2D eigenvalue weighted by Crippen LogP contribution is -2.00. The number of aromatic nitrogens is 3. The molecular weight excluding hydrogens is 719 g/mol. The predicted molar refractivity (Wildman–Crippen MR) is 238 cm³/mol. The highest BCUT2D eigenvalue weighted by Crippen LogP contribution is 2.43. The van der Waals surface area contributed by atoms with Crippen LogP contribution in [0.2, 0.25) is 0 Å². The summed E-state index contributed by atoms with van der Waals surface area (Å²) in [7, 11) is 0. The second kappa shape index (κ2) is 13.5. The maximum absolute atomic E-state index is 5.27. The minimum absolute atomic E-state index is 0.648. The lowest BCUT2D eigenvalue weighted by Gasteiger charge is -2.11. The van der Waals surface area contributed by atoms with Gasteiger partial charge in [-0.3, -0.25) is 0 Å². The smallest absolute Gasteiger partial charge is 0.164 e. The zero-order chi connectivity index (χ0) is 37.0. The number of hydrogen-bond acceptors (Lipinski definition) is 5. The molecule has 0 amide bonds. The molecule has 0 saturated heterocycles. The molecule has 0 atom stereocenters. The van der Waals surface area contributed by atoms with E-state index in [1.165, 1.54) is 62.8 Å². The quantitative estimate of drug-likeness (QED) is 0.170. The van der Waals surface area contributed by atoms with Gasteiger partial charge in [-0.25, -0.2) is 15.0 Å². The van der Waals surface area contributed by atoms with Crippen molar-refractivity contribution >= 4 is 63.0 Å². The van der Waals surface area contributed by atoms with Crippen molar-refractivity contribution in [2.45, 2.75) is 0 Å². The van der Waals surface area contributed by atoms with Crippen LogP contribution in [0.25, 0.3) is 108 Å². The van der Waals surface area contributed by atoms with Crippen molar-refractivity contribution in [3.63, 3.8) is 0 Å². The van der Waals surface area contributed by atoms with Crippen molar-refractivity contribution in [1.29, 1.82) is 0 Å². The lowest BCUT2D eigenvalue weighted by atomic mass is 9.98. The van der Waals surface area contributed by atoms with E-state index >= 15 is 0 Å². The summed E-state index contributed by atoms with van der Waals surface area (Å²) in [5.74, 6) is 1.96. The maximum Gasteiger partial charge on any atom is 0.164 e. The Kier molecular flexibility index (Phi) is 7.87. The zero-order valence-electron chi connectivity index (χ0n) is 30.1. The fourth-order valence-corrected chi connectivity index (χ4v) is 10.2. The van der Waals surface area contributed by atoms with Gasteiger partial charge in [-0.2, -0.15) is 0 Å². The summed E-state index contributed by atoms with van der Waals surface area (Å²) in [5, 5.41) is 4.94. The molecule has 3 aromatic heterocycles. The first-order valence-corrected chi connectivity index (χ1v) is 20.3. The number of rotatable bonds is 6. The average Bonchev–Trinajstić information content (AvgIpc) is 3.85. The number of hydrogen-bond donors (Lipinski definition) is 0. The van der Waals surface area contributed by atoms with Crippen LogP contribution in [0.15, 0.2) is 188 Å². The fourth-order valence-electron chi connectivity index (χ4n) is 7.82. The number of benzene rings is 8. The lowest BCUT2D eigenvalue weighted by molar-refractivity contribution is 1.08. The summed E-state index contributed by atoms with van der Waals surface area (Å²) in [5.41, 5.74) is 10.0. The van der Waals surface area contributed by atoms with E-state index in [2.05, 4.69) is 170 Å². The van der Waals surface area contributed by atoms with Crippen molar-refractivity contribution in [3.8, 4) is 67.5 Å². The van der Waals surface area contributed by atoms with Crippen LogP contribution in [-0.4, -0.2) is 15.0 Å². The molecule has 0 unspecified atom stereocenters. The van der Waals surface area contributed by atoms with Crippen molar-refractivity contribution < 1.29 is 0 Å². The highest BCUT2D eigenvalue weighted by atomic mass is 32.1. The van der Waals surface area contributed by atoms with Gasteiger partial charge in [-0.15, -0.1) is 22.7 Å². The number of fused-ring (bicyclic) bond motifs is 6. The monoisotopic (exact) mass is 749 g/mol. The third kappa shape index (κ3) is 5.68. The molecule has 0 fully saturated rings. The van der Waals surface area contributed by atoms with Crippen LogP contribution in [0.5, 0.6) is 0 Å². The van der Waals surface area contributed by atoms with E-state index in [9.17, 15) is 0 Å². The van der Waals surface area contributed by atoms with Crippen molar-refractivity contribution in [3.05, 3.63) is 188 Å². The molecular formula is C51H31N3S2. The first kappa shape index (κ1) is 32.6. The molecule has 56 heavy (non-hydrogen) atoms. The van der Waals surface area contributed by atoms with E-state index in [4.69, 9.17) is 15.0 Å². The Hall–Kier alpha value is -6.79. The van der Waals surface area contributed by atoms with Crippen LogP contribution >= 0.6 is 22.7 Å². The summed E-state index contributed by atoms with van der Waals surface area (Å²) in [4.78, 5) is 15.6.